The average molecular weight is 321 g/mol. The molecule has 20 heavy (non-hydrogen) atoms. The zero-order valence-electron chi connectivity index (χ0n) is 11.4. The van der Waals surface area contributed by atoms with Crippen molar-refractivity contribution in [1.29, 1.82) is 0 Å². The summed E-state index contributed by atoms with van der Waals surface area (Å²) in [6.07, 6.45) is 1.75. The molecule has 0 atom stereocenters. The number of amides is 1. The van der Waals surface area contributed by atoms with Crippen LogP contribution in [0, 0.1) is 0 Å². The molecule has 0 aliphatic rings. The normalized spacial score (nSPS) is 11.5. The molecule has 0 unspecified atom stereocenters. The lowest BCUT2D eigenvalue weighted by Crippen LogP contribution is -2.12. The van der Waals surface area contributed by atoms with E-state index in [1.807, 2.05) is 6.92 Å². The van der Waals surface area contributed by atoms with Crippen molar-refractivity contribution in [3.8, 4) is 0 Å². The lowest BCUT2D eigenvalue weighted by molar-refractivity contribution is 0.100. The maximum absolute atomic E-state index is 11.8. The number of sulfone groups is 1. The van der Waals surface area contributed by atoms with E-state index in [4.69, 9.17) is 16.2 Å². The number of carbonyl (C=O) groups excluding carboxylic acids is 1. The second-order valence-corrected chi connectivity index (χ2v) is 7.09. The van der Waals surface area contributed by atoms with Crippen LogP contribution in [0.15, 0.2) is 4.90 Å². The van der Waals surface area contributed by atoms with Crippen LogP contribution in [0.25, 0.3) is 0 Å². The number of nitrogens with two attached hydrogens (primary N) is 2. The predicted molar refractivity (Wildman–Crippen MR) is 80.0 cm³/mol. The van der Waals surface area contributed by atoms with E-state index in [0.29, 0.717) is 31.2 Å². The highest BCUT2D eigenvalue weighted by Gasteiger charge is 2.25. The first-order chi connectivity index (χ1) is 9.29. The van der Waals surface area contributed by atoms with Gasteiger partial charge < -0.3 is 21.5 Å². The molecule has 1 heterocycles. The van der Waals surface area contributed by atoms with Crippen LogP contribution in [-0.4, -0.2) is 40.3 Å². The van der Waals surface area contributed by atoms with Gasteiger partial charge in [0.05, 0.1) is 5.69 Å². The van der Waals surface area contributed by atoms with Crippen molar-refractivity contribution >= 4 is 37.8 Å². The van der Waals surface area contributed by atoms with Crippen LogP contribution in [0.5, 0.6) is 0 Å². The summed E-state index contributed by atoms with van der Waals surface area (Å²) in [5, 5.41) is 3.31. The third kappa shape index (κ3) is 4.09. The van der Waals surface area contributed by atoms with Gasteiger partial charge in [-0.2, -0.15) is 0 Å². The molecule has 0 aliphatic carbocycles. The zero-order chi connectivity index (χ0) is 15.3. The van der Waals surface area contributed by atoms with Crippen molar-refractivity contribution in [1.82, 2.24) is 0 Å². The number of ether oxygens (including phenoxy) is 1. The Kier molecular flexibility index (Phi) is 5.78. The topological polar surface area (TPSA) is 125 Å². The number of nitrogens with one attached hydrogen (secondary N) is 1. The van der Waals surface area contributed by atoms with Gasteiger partial charge in [0, 0.05) is 26.0 Å². The van der Waals surface area contributed by atoms with Crippen LogP contribution < -0.4 is 16.8 Å². The van der Waals surface area contributed by atoms with Crippen molar-refractivity contribution in [3.63, 3.8) is 0 Å². The quantitative estimate of drug-likeness (QED) is 0.604. The van der Waals surface area contributed by atoms with Crippen molar-refractivity contribution in [2.45, 2.75) is 18.2 Å². The van der Waals surface area contributed by atoms with Gasteiger partial charge >= 0.3 is 0 Å². The van der Waals surface area contributed by atoms with Gasteiger partial charge in [0.15, 0.2) is 9.84 Å². The minimum absolute atomic E-state index is 0.0535. The maximum atomic E-state index is 11.8. The molecule has 0 bridgehead atoms. The number of anilines is 2. The second kappa shape index (κ2) is 6.91. The highest BCUT2D eigenvalue weighted by Crippen LogP contribution is 2.38. The maximum Gasteiger partial charge on any atom is 0.261 e. The smallest absolute Gasteiger partial charge is 0.261 e. The van der Waals surface area contributed by atoms with E-state index >= 15 is 0 Å². The average Bonchev–Trinajstić information content (AvgIpc) is 2.65. The lowest BCUT2D eigenvalue weighted by atomic mass is 10.4. The van der Waals surface area contributed by atoms with Crippen molar-refractivity contribution in [3.05, 3.63) is 4.88 Å². The van der Waals surface area contributed by atoms with Gasteiger partial charge in [-0.15, -0.1) is 11.3 Å². The summed E-state index contributed by atoms with van der Waals surface area (Å²) in [5.41, 5.74) is 10.8. The first-order valence-corrected chi connectivity index (χ1v) is 8.73. The standard InChI is InChI=1S/C11H19N3O4S2/c1-3-18-6-4-5-14-11-9(20(2,16)17)7(12)8(19-11)10(13)15/h14H,3-6,12H2,1-2H3,(H2,13,15). The number of nitrogen functional groups attached to an aromatic ring is 1. The molecule has 0 spiro atoms. The second-order valence-electron chi connectivity index (χ2n) is 4.12. The summed E-state index contributed by atoms with van der Waals surface area (Å²) in [4.78, 5) is 11.2. The van der Waals surface area contributed by atoms with Crippen LogP contribution in [0.4, 0.5) is 10.7 Å². The molecule has 9 heteroatoms. The lowest BCUT2D eigenvalue weighted by Gasteiger charge is -2.06. The van der Waals surface area contributed by atoms with Gasteiger partial charge in [0.2, 0.25) is 0 Å². The van der Waals surface area contributed by atoms with E-state index in [-0.39, 0.29) is 15.5 Å². The molecule has 1 rings (SSSR count). The first-order valence-electron chi connectivity index (χ1n) is 6.02. The summed E-state index contributed by atoms with van der Waals surface area (Å²) in [5.74, 6) is -0.736. The SMILES string of the molecule is CCOCCCNc1sc(C(N)=O)c(N)c1S(C)(=O)=O. The molecule has 1 aromatic rings. The van der Waals surface area contributed by atoms with Gasteiger partial charge in [-0.3, -0.25) is 4.79 Å². The zero-order valence-corrected chi connectivity index (χ0v) is 13.1. The van der Waals surface area contributed by atoms with E-state index < -0.39 is 15.7 Å². The highest BCUT2D eigenvalue weighted by atomic mass is 32.2. The van der Waals surface area contributed by atoms with Crippen LogP contribution in [0.1, 0.15) is 23.0 Å². The molecular weight excluding hydrogens is 302 g/mol. The number of thiophene rings is 1. The fraction of sp³-hybridized carbons (Fsp3) is 0.545. The Morgan fingerprint density at radius 3 is 2.60 bits per heavy atom. The molecule has 0 aromatic carbocycles. The molecule has 7 nitrogen and oxygen atoms in total. The third-order valence-electron chi connectivity index (χ3n) is 2.45. The molecule has 0 aliphatic heterocycles. The fourth-order valence-electron chi connectivity index (χ4n) is 1.62. The molecule has 5 N–H and O–H groups in total. The monoisotopic (exact) mass is 321 g/mol. The number of primary amides is 1. The number of hydrogen-bond acceptors (Lipinski definition) is 7. The molecular formula is C11H19N3O4S2. The van der Waals surface area contributed by atoms with E-state index in [1.165, 1.54) is 0 Å². The Hall–Kier alpha value is -1.32. The molecule has 0 fully saturated rings. The number of rotatable bonds is 8. The minimum atomic E-state index is -3.54. The summed E-state index contributed by atoms with van der Waals surface area (Å²) in [6, 6.07) is 0. The number of hydrogen-bond donors (Lipinski definition) is 3. The Balaban J connectivity index is 2.95. The predicted octanol–water partition coefficient (Wildman–Crippen LogP) is 0.671. The van der Waals surface area contributed by atoms with E-state index in [0.717, 1.165) is 17.6 Å². The van der Waals surface area contributed by atoms with Gasteiger partial charge in [-0.05, 0) is 13.3 Å². The van der Waals surface area contributed by atoms with Gasteiger partial charge in [0.25, 0.3) is 5.91 Å². The highest BCUT2D eigenvalue weighted by molar-refractivity contribution is 7.91. The van der Waals surface area contributed by atoms with Crippen molar-refractivity contribution < 1.29 is 17.9 Å². The molecule has 114 valence electrons. The Labute approximate surface area is 122 Å². The van der Waals surface area contributed by atoms with Gasteiger partial charge in [-0.1, -0.05) is 0 Å². The third-order valence-corrected chi connectivity index (χ3v) is 4.92. The molecule has 1 amide bonds. The summed E-state index contributed by atoms with van der Waals surface area (Å²) < 4.78 is 28.7. The largest absolute Gasteiger partial charge is 0.396 e. The van der Waals surface area contributed by atoms with Crippen molar-refractivity contribution in [2.24, 2.45) is 5.73 Å². The number of carbonyl (C=O) groups is 1. The van der Waals surface area contributed by atoms with E-state index in [1.54, 1.807) is 0 Å². The fourth-order valence-corrected chi connectivity index (χ4v) is 4.06. The van der Waals surface area contributed by atoms with E-state index in [2.05, 4.69) is 5.32 Å². The Bertz CT molecular complexity index is 581. The van der Waals surface area contributed by atoms with Gasteiger partial charge in [0.1, 0.15) is 14.8 Å². The van der Waals surface area contributed by atoms with Crippen LogP contribution in [-0.2, 0) is 14.6 Å². The summed E-state index contributed by atoms with van der Waals surface area (Å²) >= 11 is 0.954. The molecule has 0 saturated carbocycles. The van der Waals surface area contributed by atoms with Gasteiger partial charge in [-0.25, -0.2) is 8.42 Å². The van der Waals surface area contributed by atoms with E-state index in [9.17, 15) is 13.2 Å². The Morgan fingerprint density at radius 1 is 1.45 bits per heavy atom. The van der Waals surface area contributed by atoms with Crippen LogP contribution in [0.3, 0.4) is 0 Å². The van der Waals surface area contributed by atoms with Crippen LogP contribution >= 0.6 is 11.3 Å². The first kappa shape index (κ1) is 16.7. The minimum Gasteiger partial charge on any atom is -0.396 e. The van der Waals surface area contributed by atoms with Crippen molar-refractivity contribution in [2.75, 3.05) is 37.1 Å². The Morgan fingerprint density at radius 2 is 2.10 bits per heavy atom. The molecule has 0 saturated heterocycles. The molecule has 1 aromatic heterocycles. The van der Waals surface area contributed by atoms with Crippen LogP contribution in [0.2, 0.25) is 0 Å². The summed E-state index contributed by atoms with van der Waals surface area (Å²) in [6.45, 7) is 3.61. The summed E-state index contributed by atoms with van der Waals surface area (Å²) in [7, 11) is -3.54. The molecule has 0 radical (unpaired) electrons.